The maximum absolute atomic E-state index is 11.5. The van der Waals surface area contributed by atoms with Gasteiger partial charge >= 0.3 is 0 Å². The monoisotopic (exact) mass is 182 g/mol. The maximum atomic E-state index is 11.5. The molecule has 2 fully saturated rings. The van der Waals surface area contributed by atoms with Crippen molar-refractivity contribution in [3.8, 4) is 0 Å². The third kappa shape index (κ3) is 1.82. The lowest BCUT2D eigenvalue weighted by atomic mass is 9.93. The molecule has 1 aliphatic carbocycles. The van der Waals surface area contributed by atoms with Crippen LogP contribution in [0.4, 0.5) is 0 Å². The van der Waals surface area contributed by atoms with Gasteiger partial charge in [0.25, 0.3) is 0 Å². The average Bonchev–Trinajstić information content (AvgIpc) is 2.44. The molecule has 72 valence electrons. The zero-order valence-electron chi connectivity index (χ0n) is 7.51. The normalized spacial score (nSPS) is 28.0. The highest BCUT2D eigenvalue weighted by Crippen LogP contribution is 2.18. The largest absolute Gasteiger partial charge is 0.352 e. The van der Waals surface area contributed by atoms with Crippen LogP contribution in [0.3, 0.4) is 0 Å². The summed E-state index contributed by atoms with van der Waals surface area (Å²) in [7, 11) is 0. The van der Waals surface area contributed by atoms with Crippen LogP contribution >= 0.6 is 0 Å². The van der Waals surface area contributed by atoms with Crippen molar-refractivity contribution in [1.29, 1.82) is 0 Å². The van der Waals surface area contributed by atoms with Gasteiger partial charge in [0, 0.05) is 12.5 Å². The molecule has 2 rings (SSSR count). The van der Waals surface area contributed by atoms with Crippen molar-refractivity contribution in [2.75, 3.05) is 0 Å². The first kappa shape index (κ1) is 8.53. The molecule has 2 amide bonds. The predicted molar refractivity (Wildman–Crippen MR) is 46.9 cm³/mol. The zero-order valence-corrected chi connectivity index (χ0v) is 7.51. The summed E-state index contributed by atoms with van der Waals surface area (Å²) in [5, 5.41) is 5.58. The zero-order chi connectivity index (χ0) is 9.26. The van der Waals surface area contributed by atoms with Crippen LogP contribution in [0.1, 0.15) is 32.1 Å². The van der Waals surface area contributed by atoms with Crippen LogP contribution in [0.5, 0.6) is 0 Å². The van der Waals surface area contributed by atoms with Gasteiger partial charge in [0.05, 0.1) is 0 Å². The van der Waals surface area contributed by atoms with Gasteiger partial charge in [-0.1, -0.05) is 0 Å². The molecule has 0 aromatic rings. The minimum atomic E-state index is -0.270. The summed E-state index contributed by atoms with van der Waals surface area (Å²) in [5.41, 5.74) is 0. The topological polar surface area (TPSA) is 58.2 Å². The Bertz CT molecular complexity index is 236. The number of hydrogen-bond acceptors (Lipinski definition) is 2. The van der Waals surface area contributed by atoms with Crippen molar-refractivity contribution < 1.29 is 9.59 Å². The lowest BCUT2D eigenvalue weighted by Crippen LogP contribution is -2.48. The number of carbonyl (C=O) groups excluding carboxylic acids is 2. The van der Waals surface area contributed by atoms with Crippen molar-refractivity contribution in [2.24, 2.45) is 0 Å². The molecule has 2 aliphatic rings. The molecule has 13 heavy (non-hydrogen) atoms. The molecule has 0 unspecified atom stereocenters. The molecule has 1 aliphatic heterocycles. The van der Waals surface area contributed by atoms with Crippen LogP contribution in [0.25, 0.3) is 0 Å². The van der Waals surface area contributed by atoms with Gasteiger partial charge in [-0.25, -0.2) is 0 Å². The molecule has 0 aromatic heterocycles. The van der Waals surface area contributed by atoms with E-state index in [1.807, 2.05) is 0 Å². The highest BCUT2D eigenvalue weighted by atomic mass is 16.2. The Morgan fingerprint density at radius 2 is 2.15 bits per heavy atom. The van der Waals surface area contributed by atoms with Crippen LogP contribution < -0.4 is 10.6 Å². The van der Waals surface area contributed by atoms with Crippen molar-refractivity contribution >= 4 is 11.8 Å². The third-order valence-electron chi connectivity index (χ3n) is 2.76. The molecule has 4 nitrogen and oxygen atoms in total. The molecule has 1 heterocycles. The van der Waals surface area contributed by atoms with Crippen molar-refractivity contribution in [3.63, 3.8) is 0 Å². The lowest BCUT2D eigenvalue weighted by molar-refractivity contribution is -0.126. The Labute approximate surface area is 77.1 Å². The standard InChI is InChI=1S/C9H14N2O2/c12-8-5-4-7(11-8)9(13)10-6-2-1-3-6/h6-7H,1-5H2,(H,10,13)(H,11,12)/t7-/m0/s1. The third-order valence-corrected chi connectivity index (χ3v) is 2.76. The Kier molecular flexibility index (Phi) is 2.20. The van der Waals surface area contributed by atoms with E-state index in [0.29, 0.717) is 18.9 Å². The van der Waals surface area contributed by atoms with E-state index >= 15 is 0 Å². The average molecular weight is 182 g/mol. The summed E-state index contributed by atoms with van der Waals surface area (Å²) >= 11 is 0. The minimum Gasteiger partial charge on any atom is -0.352 e. The fourth-order valence-corrected chi connectivity index (χ4v) is 1.67. The number of nitrogens with one attached hydrogen (secondary N) is 2. The van der Waals surface area contributed by atoms with E-state index in [1.54, 1.807) is 0 Å². The van der Waals surface area contributed by atoms with Gasteiger partial charge in [0.1, 0.15) is 6.04 Å². The predicted octanol–water partition coefficient (Wildman–Crippen LogP) is -0.0663. The maximum Gasteiger partial charge on any atom is 0.242 e. The lowest BCUT2D eigenvalue weighted by Gasteiger charge is -2.27. The number of carbonyl (C=O) groups is 2. The number of amides is 2. The SMILES string of the molecule is O=C1CC[C@@H](C(=O)NC2CCC2)N1. The van der Waals surface area contributed by atoms with E-state index in [9.17, 15) is 9.59 Å². The minimum absolute atomic E-state index is 0.00412. The molecule has 1 atom stereocenters. The van der Waals surface area contributed by atoms with Crippen LogP contribution in [0.15, 0.2) is 0 Å². The van der Waals surface area contributed by atoms with Gasteiger partial charge in [-0.3, -0.25) is 9.59 Å². The van der Waals surface area contributed by atoms with Crippen molar-refractivity contribution in [3.05, 3.63) is 0 Å². The Morgan fingerprint density at radius 3 is 2.62 bits per heavy atom. The first-order chi connectivity index (χ1) is 6.25. The van der Waals surface area contributed by atoms with Gasteiger partial charge in [-0.2, -0.15) is 0 Å². The molecule has 1 saturated carbocycles. The Hall–Kier alpha value is -1.06. The molecular weight excluding hydrogens is 168 g/mol. The highest BCUT2D eigenvalue weighted by Gasteiger charge is 2.29. The second kappa shape index (κ2) is 3.36. The van der Waals surface area contributed by atoms with Gasteiger partial charge in [-0.05, 0) is 25.7 Å². The van der Waals surface area contributed by atoms with E-state index < -0.39 is 0 Å². The van der Waals surface area contributed by atoms with E-state index in [4.69, 9.17) is 0 Å². The number of rotatable bonds is 2. The molecule has 0 spiro atoms. The fraction of sp³-hybridized carbons (Fsp3) is 0.778. The molecule has 0 bridgehead atoms. The van der Waals surface area contributed by atoms with Crippen molar-refractivity contribution in [1.82, 2.24) is 10.6 Å². The second-order valence-corrected chi connectivity index (χ2v) is 3.80. The summed E-state index contributed by atoms with van der Waals surface area (Å²) in [4.78, 5) is 22.3. The first-order valence-electron chi connectivity index (χ1n) is 4.85. The molecular formula is C9H14N2O2. The quantitative estimate of drug-likeness (QED) is 0.628. The second-order valence-electron chi connectivity index (χ2n) is 3.80. The summed E-state index contributed by atoms with van der Waals surface area (Å²) in [6.45, 7) is 0. The molecule has 1 saturated heterocycles. The fourth-order valence-electron chi connectivity index (χ4n) is 1.67. The van der Waals surface area contributed by atoms with E-state index in [-0.39, 0.29) is 17.9 Å². The highest BCUT2D eigenvalue weighted by molar-refractivity contribution is 5.90. The van der Waals surface area contributed by atoms with Gasteiger partial charge in [0.15, 0.2) is 0 Å². The van der Waals surface area contributed by atoms with Gasteiger partial charge in [0.2, 0.25) is 11.8 Å². The number of hydrogen-bond donors (Lipinski definition) is 2. The summed E-state index contributed by atoms with van der Waals surface area (Å²) in [6.07, 6.45) is 4.53. The molecule has 4 heteroatoms. The smallest absolute Gasteiger partial charge is 0.242 e. The van der Waals surface area contributed by atoms with Crippen LogP contribution in [-0.4, -0.2) is 23.9 Å². The first-order valence-corrected chi connectivity index (χ1v) is 4.85. The summed E-state index contributed by atoms with van der Waals surface area (Å²) in [6, 6.07) is 0.0955. The van der Waals surface area contributed by atoms with E-state index in [1.165, 1.54) is 6.42 Å². The summed E-state index contributed by atoms with van der Waals surface area (Å²) in [5.74, 6) is -0.00990. The Balaban J connectivity index is 1.79. The molecule has 0 aromatic carbocycles. The molecule has 2 N–H and O–H groups in total. The van der Waals surface area contributed by atoms with Crippen LogP contribution in [-0.2, 0) is 9.59 Å². The summed E-state index contributed by atoms with van der Waals surface area (Å²) < 4.78 is 0. The van der Waals surface area contributed by atoms with Crippen molar-refractivity contribution in [2.45, 2.75) is 44.2 Å². The van der Waals surface area contributed by atoms with Gasteiger partial charge in [-0.15, -0.1) is 0 Å². The van der Waals surface area contributed by atoms with Gasteiger partial charge < -0.3 is 10.6 Å². The van der Waals surface area contributed by atoms with E-state index in [0.717, 1.165) is 12.8 Å². The molecule has 0 radical (unpaired) electrons. The Morgan fingerprint density at radius 1 is 1.38 bits per heavy atom. The van der Waals surface area contributed by atoms with E-state index in [2.05, 4.69) is 10.6 Å². The van der Waals surface area contributed by atoms with Crippen LogP contribution in [0, 0.1) is 0 Å². The van der Waals surface area contributed by atoms with Crippen LogP contribution in [0.2, 0.25) is 0 Å².